The monoisotopic (exact) mass is 345 g/mol. The molecule has 1 unspecified atom stereocenters. The van der Waals surface area contributed by atoms with Crippen molar-refractivity contribution in [3.05, 3.63) is 35.4 Å². The van der Waals surface area contributed by atoms with Gasteiger partial charge in [-0.05, 0) is 31.9 Å². The van der Waals surface area contributed by atoms with Crippen LogP contribution in [0.5, 0.6) is 0 Å². The molecular weight excluding hydrogens is 323 g/mol. The van der Waals surface area contributed by atoms with Crippen LogP contribution in [-0.4, -0.2) is 36.5 Å². The fraction of sp³-hybridized carbons (Fsp3) is 0.529. The molecule has 0 saturated heterocycles. The minimum absolute atomic E-state index is 0.0118. The van der Waals surface area contributed by atoms with Crippen LogP contribution in [0.2, 0.25) is 0 Å². The van der Waals surface area contributed by atoms with E-state index >= 15 is 0 Å². The summed E-state index contributed by atoms with van der Waals surface area (Å²) in [6.45, 7) is 3.98. The van der Waals surface area contributed by atoms with Crippen LogP contribution in [0.3, 0.4) is 0 Å². The molecule has 0 saturated carbocycles. The topological polar surface area (TPSA) is 46.6 Å². The molecule has 0 heterocycles. The summed E-state index contributed by atoms with van der Waals surface area (Å²) in [6.07, 6.45) is -4.07. The Balaban J connectivity index is 2.75. The maximum Gasteiger partial charge on any atom is 0.416 e. The molecule has 0 radical (unpaired) electrons. The van der Waals surface area contributed by atoms with Gasteiger partial charge in [-0.15, -0.1) is 0 Å². The Morgan fingerprint density at radius 2 is 1.92 bits per heavy atom. The van der Waals surface area contributed by atoms with E-state index in [0.717, 1.165) is 12.1 Å². The van der Waals surface area contributed by atoms with Gasteiger partial charge in [-0.25, -0.2) is 0 Å². The molecule has 134 valence electrons. The van der Waals surface area contributed by atoms with Gasteiger partial charge in [0.1, 0.15) is 0 Å². The number of hydrogen-bond donors (Lipinski definition) is 0. The Bertz CT molecular complexity index is 572. The summed E-state index contributed by atoms with van der Waals surface area (Å²) < 4.78 is 42.8. The van der Waals surface area contributed by atoms with Crippen molar-refractivity contribution in [2.45, 2.75) is 45.3 Å². The van der Waals surface area contributed by atoms with E-state index in [4.69, 9.17) is 0 Å². The van der Waals surface area contributed by atoms with E-state index in [-0.39, 0.29) is 24.8 Å². The van der Waals surface area contributed by atoms with Crippen LogP contribution in [0.25, 0.3) is 0 Å². The van der Waals surface area contributed by atoms with Crippen molar-refractivity contribution < 1.29 is 27.5 Å². The molecule has 0 spiro atoms. The zero-order valence-corrected chi connectivity index (χ0v) is 14.0. The third kappa shape index (κ3) is 5.86. The number of esters is 1. The molecule has 0 aromatic heterocycles. The van der Waals surface area contributed by atoms with Crippen molar-refractivity contribution in [1.82, 2.24) is 4.90 Å². The summed E-state index contributed by atoms with van der Waals surface area (Å²) in [4.78, 5) is 24.9. The Kier molecular flexibility index (Phi) is 7.25. The molecule has 0 aliphatic rings. The van der Waals surface area contributed by atoms with Crippen molar-refractivity contribution in [2.24, 2.45) is 0 Å². The number of likely N-dealkylation sites (N-methyl/N-ethyl adjacent to an activating group) is 1. The second-order valence-corrected chi connectivity index (χ2v) is 5.51. The molecule has 0 N–H and O–H groups in total. The molecule has 0 fully saturated rings. The number of alkyl halides is 3. The first-order valence-electron chi connectivity index (χ1n) is 7.71. The molecule has 1 rings (SSSR count). The van der Waals surface area contributed by atoms with Crippen LogP contribution in [0.15, 0.2) is 24.3 Å². The van der Waals surface area contributed by atoms with Gasteiger partial charge in [-0.2, -0.15) is 13.2 Å². The van der Waals surface area contributed by atoms with Gasteiger partial charge in [-0.3, -0.25) is 9.59 Å². The Labute approximate surface area is 139 Å². The number of carbonyl (C=O) groups excluding carboxylic acids is 2. The van der Waals surface area contributed by atoms with Crippen LogP contribution >= 0.6 is 0 Å². The Morgan fingerprint density at radius 3 is 2.46 bits per heavy atom. The third-order valence-electron chi connectivity index (χ3n) is 3.75. The summed E-state index contributed by atoms with van der Waals surface area (Å²) in [7, 11) is 1.25. The highest BCUT2D eigenvalue weighted by Crippen LogP contribution is 2.29. The fourth-order valence-electron chi connectivity index (χ4n) is 2.51. The molecule has 7 heteroatoms. The van der Waals surface area contributed by atoms with E-state index in [9.17, 15) is 22.8 Å². The van der Waals surface area contributed by atoms with Crippen molar-refractivity contribution in [2.75, 3.05) is 13.7 Å². The van der Waals surface area contributed by atoms with E-state index < -0.39 is 17.7 Å². The highest BCUT2D eigenvalue weighted by molar-refractivity contribution is 5.81. The van der Waals surface area contributed by atoms with Gasteiger partial charge in [0.05, 0.1) is 19.1 Å². The van der Waals surface area contributed by atoms with Gasteiger partial charge in [0, 0.05) is 19.0 Å². The zero-order chi connectivity index (χ0) is 18.3. The number of carbonyl (C=O) groups is 2. The number of nitrogens with zero attached hydrogens (tertiary/aromatic N) is 1. The van der Waals surface area contributed by atoms with Crippen molar-refractivity contribution in [3.8, 4) is 0 Å². The number of methoxy groups -OCH3 is 1. The number of halogens is 3. The lowest BCUT2D eigenvalue weighted by Gasteiger charge is -2.28. The van der Waals surface area contributed by atoms with Crippen LogP contribution in [0.1, 0.15) is 37.8 Å². The number of amides is 1. The molecule has 1 aromatic carbocycles. The molecule has 24 heavy (non-hydrogen) atoms. The van der Waals surface area contributed by atoms with E-state index in [1.54, 1.807) is 24.8 Å². The van der Waals surface area contributed by atoms with E-state index in [1.807, 2.05) is 0 Å². The first-order chi connectivity index (χ1) is 11.2. The molecule has 0 aliphatic heterocycles. The summed E-state index contributed by atoms with van der Waals surface area (Å²) in [5, 5.41) is 0. The Morgan fingerprint density at radius 1 is 1.25 bits per heavy atom. The van der Waals surface area contributed by atoms with Gasteiger partial charge < -0.3 is 9.64 Å². The van der Waals surface area contributed by atoms with Crippen LogP contribution in [0, 0.1) is 0 Å². The molecule has 1 amide bonds. The zero-order valence-electron chi connectivity index (χ0n) is 14.0. The van der Waals surface area contributed by atoms with E-state index in [1.165, 1.54) is 13.2 Å². The highest BCUT2D eigenvalue weighted by Gasteiger charge is 2.30. The van der Waals surface area contributed by atoms with Gasteiger partial charge in [0.25, 0.3) is 0 Å². The number of benzene rings is 1. The summed E-state index contributed by atoms with van der Waals surface area (Å²) in [5.74, 6) is -0.688. The van der Waals surface area contributed by atoms with E-state index in [2.05, 4.69) is 4.74 Å². The molecule has 1 aromatic rings. The molecule has 1 atom stereocenters. The lowest BCUT2D eigenvalue weighted by molar-refractivity contribution is -0.144. The molecule has 0 aliphatic carbocycles. The molecule has 4 nitrogen and oxygen atoms in total. The SMILES string of the molecule is CCN(C(=O)CCC(=O)OC)C(C)Cc1cccc(C(F)(F)F)c1. The molecular formula is C17H22F3NO3. The summed E-state index contributed by atoms with van der Waals surface area (Å²) in [5.41, 5.74) is -0.191. The Hall–Kier alpha value is -2.05. The minimum Gasteiger partial charge on any atom is -0.469 e. The predicted octanol–water partition coefficient (Wildman–Crippen LogP) is 3.44. The van der Waals surface area contributed by atoms with E-state index in [0.29, 0.717) is 18.5 Å². The molecule has 0 bridgehead atoms. The smallest absolute Gasteiger partial charge is 0.416 e. The average molecular weight is 345 g/mol. The average Bonchev–Trinajstić information content (AvgIpc) is 2.52. The van der Waals surface area contributed by atoms with Gasteiger partial charge >= 0.3 is 12.1 Å². The predicted molar refractivity (Wildman–Crippen MR) is 83.2 cm³/mol. The number of rotatable bonds is 7. The van der Waals surface area contributed by atoms with Crippen LogP contribution < -0.4 is 0 Å². The minimum atomic E-state index is -4.39. The van der Waals surface area contributed by atoms with Crippen LogP contribution in [0.4, 0.5) is 13.2 Å². The van der Waals surface area contributed by atoms with Crippen molar-refractivity contribution in [1.29, 1.82) is 0 Å². The first-order valence-corrected chi connectivity index (χ1v) is 7.71. The lowest BCUT2D eigenvalue weighted by Crippen LogP contribution is -2.39. The normalized spacial score (nSPS) is 12.6. The quantitative estimate of drug-likeness (QED) is 0.711. The van der Waals surface area contributed by atoms with Gasteiger partial charge in [-0.1, -0.05) is 18.2 Å². The maximum atomic E-state index is 12.8. The van der Waals surface area contributed by atoms with Crippen molar-refractivity contribution in [3.63, 3.8) is 0 Å². The number of ether oxygens (including phenoxy) is 1. The third-order valence-corrected chi connectivity index (χ3v) is 3.75. The fourth-order valence-corrected chi connectivity index (χ4v) is 2.51. The second kappa shape index (κ2) is 8.70. The second-order valence-electron chi connectivity index (χ2n) is 5.51. The maximum absolute atomic E-state index is 12.8. The summed E-state index contributed by atoms with van der Waals surface area (Å²) in [6, 6.07) is 4.82. The first kappa shape index (κ1) is 20.0. The largest absolute Gasteiger partial charge is 0.469 e. The van der Waals surface area contributed by atoms with Gasteiger partial charge in [0.2, 0.25) is 5.91 Å². The lowest BCUT2D eigenvalue weighted by atomic mass is 10.0. The highest BCUT2D eigenvalue weighted by atomic mass is 19.4. The summed E-state index contributed by atoms with van der Waals surface area (Å²) >= 11 is 0. The standard InChI is InChI=1S/C17H22F3NO3/c1-4-21(15(22)8-9-16(23)24-3)12(2)10-13-6-5-7-14(11-13)17(18,19)20/h5-7,11-12H,4,8-10H2,1-3H3. The van der Waals surface area contributed by atoms with Crippen molar-refractivity contribution >= 4 is 11.9 Å². The number of hydrogen-bond acceptors (Lipinski definition) is 3. The van der Waals surface area contributed by atoms with Gasteiger partial charge in [0.15, 0.2) is 0 Å². The van der Waals surface area contributed by atoms with Crippen LogP contribution in [-0.2, 0) is 26.9 Å².